The number of carboxylic acids is 1. The number of hydrogen-bond donors (Lipinski definition) is 3. The third kappa shape index (κ3) is 3.22. The van der Waals surface area contributed by atoms with Crippen molar-refractivity contribution >= 4 is 22.6 Å². The molecule has 0 unspecified atom stereocenters. The van der Waals surface area contributed by atoms with Crippen molar-refractivity contribution in [3.05, 3.63) is 87.7 Å². The van der Waals surface area contributed by atoms with Gasteiger partial charge in [0.05, 0.1) is 29.6 Å². The molecule has 0 radical (unpaired) electrons. The molecule has 10 heteroatoms. The van der Waals surface area contributed by atoms with E-state index in [2.05, 4.69) is 16.5 Å². The predicted octanol–water partition coefficient (Wildman–Crippen LogP) is 3.28. The van der Waals surface area contributed by atoms with Crippen molar-refractivity contribution in [3.63, 3.8) is 0 Å². The van der Waals surface area contributed by atoms with Crippen LogP contribution in [0.25, 0.3) is 27.7 Å². The molecular formula is C24H18F2N4O4. The maximum absolute atomic E-state index is 15.0. The Bertz CT molecular complexity index is 1570. The number of pyridine rings is 2. The van der Waals surface area contributed by atoms with Crippen LogP contribution in [0.4, 0.5) is 8.78 Å². The molecule has 0 aliphatic carbocycles. The monoisotopic (exact) mass is 464 g/mol. The second kappa shape index (κ2) is 7.84. The van der Waals surface area contributed by atoms with Gasteiger partial charge >= 0.3 is 5.97 Å². The van der Waals surface area contributed by atoms with Gasteiger partial charge in [-0.2, -0.15) is 4.39 Å². The van der Waals surface area contributed by atoms with Crippen molar-refractivity contribution in [2.75, 3.05) is 6.61 Å². The van der Waals surface area contributed by atoms with Gasteiger partial charge in [0.15, 0.2) is 0 Å². The molecule has 1 aliphatic heterocycles. The van der Waals surface area contributed by atoms with Crippen molar-refractivity contribution in [3.8, 4) is 16.9 Å². The molecule has 4 N–H and O–H groups in total. The summed E-state index contributed by atoms with van der Waals surface area (Å²) in [6.45, 7) is 3.51. The highest BCUT2D eigenvalue weighted by molar-refractivity contribution is 6.11. The fraction of sp³-hybridized carbons (Fsp3) is 0.125. The largest absolute Gasteiger partial charge is 0.492 e. The Morgan fingerprint density at radius 2 is 2.15 bits per heavy atom. The summed E-state index contributed by atoms with van der Waals surface area (Å²) in [6.07, 6.45) is 2.93. The molecule has 0 atom stereocenters. The molecule has 0 bridgehead atoms. The van der Waals surface area contributed by atoms with Crippen molar-refractivity contribution in [2.24, 2.45) is 5.73 Å². The van der Waals surface area contributed by atoms with Gasteiger partial charge in [0.1, 0.15) is 17.3 Å². The number of carbonyl (C=O) groups is 1. The first-order valence-corrected chi connectivity index (χ1v) is 10.3. The summed E-state index contributed by atoms with van der Waals surface area (Å²) in [6, 6.07) is 5.61. The van der Waals surface area contributed by atoms with Gasteiger partial charge in [0.25, 0.3) is 5.56 Å². The van der Waals surface area contributed by atoms with E-state index in [1.165, 1.54) is 35.2 Å². The smallest absolute Gasteiger partial charge is 0.353 e. The minimum Gasteiger partial charge on any atom is -0.492 e. The number of aromatic amines is 1. The zero-order valence-corrected chi connectivity index (χ0v) is 17.7. The number of benzene rings is 1. The number of halogens is 2. The van der Waals surface area contributed by atoms with Crippen molar-refractivity contribution < 1.29 is 23.4 Å². The lowest BCUT2D eigenvalue weighted by atomic mass is 10.00. The zero-order valence-electron chi connectivity index (χ0n) is 17.7. The van der Waals surface area contributed by atoms with Crippen LogP contribution in [-0.4, -0.2) is 32.2 Å². The maximum atomic E-state index is 15.0. The summed E-state index contributed by atoms with van der Waals surface area (Å²) < 4.78 is 36.6. The number of nitrogens with zero attached hydrogens (tertiary/aromatic N) is 2. The molecule has 4 aromatic rings. The van der Waals surface area contributed by atoms with E-state index in [4.69, 9.17) is 10.5 Å². The van der Waals surface area contributed by atoms with E-state index in [1.54, 1.807) is 6.07 Å². The lowest BCUT2D eigenvalue weighted by Crippen LogP contribution is -2.14. The minimum absolute atomic E-state index is 0.0128. The lowest BCUT2D eigenvalue weighted by molar-refractivity contribution is 0.0687. The number of H-pyrrole nitrogens is 1. The van der Waals surface area contributed by atoms with Crippen LogP contribution in [0.3, 0.4) is 0 Å². The quantitative estimate of drug-likeness (QED) is 0.390. The van der Waals surface area contributed by atoms with Gasteiger partial charge < -0.3 is 25.1 Å². The topological polar surface area (TPSA) is 123 Å². The summed E-state index contributed by atoms with van der Waals surface area (Å²) in [5.41, 5.74) is 5.96. The number of nitrogens with one attached hydrogen (secondary N) is 1. The molecule has 1 aliphatic rings. The van der Waals surface area contributed by atoms with E-state index >= 15 is 0 Å². The van der Waals surface area contributed by atoms with Crippen LogP contribution in [0.15, 0.2) is 48.0 Å². The fourth-order valence-corrected chi connectivity index (χ4v) is 4.35. The second-order valence-corrected chi connectivity index (χ2v) is 7.89. The highest BCUT2D eigenvalue weighted by Gasteiger charge is 2.32. The number of aromatic nitrogens is 3. The highest BCUT2D eigenvalue weighted by Crippen LogP contribution is 2.44. The summed E-state index contributed by atoms with van der Waals surface area (Å²) in [5.74, 6) is -2.63. The third-order valence-corrected chi connectivity index (χ3v) is 5.86. The van der Waals surface area contributed by atoms with Crippen LogP contribution in [0, 0.1) is 11.8 Å². The number of aromatic carboxylic acids is 1. The molecule has 172 valence electrons. The number of ether oxygens (including phenoxy) is 1. The molecule has 1 aromatic carbocycles. The van der Waals surface area contributed by atoms with Crippen LogP contribution in [0.2, 0.25) is 0 Å². The highest BCUT2D eigenvalue weighted by atomic mass is 19.1. The Morgan fingerprint density at radius 3 is 2.85 bits per heavy atom. The lowest BCUT2D eigenvalue weighted by Gasteiger charge is -2.11. The summed E-state index contributed by atoms with van der Waals surface area (Å²) >= 11 is 0. The van der Waals surface area contributed by atoms with Gasteiger partial charge in [-0.3, -0.25) is 4.79 Å². The first kappa shape index (κ1) is 21.4. The Labute approximate surface area is 190 Å². The SMILES string of the molecule is C=C(N)c1cnc(F)c(Cn2c(C(=O)O)c(-c3ccc[nH]c3=O)c3c4c(c(F)cc32)CCO4)c1. The van der Waals surface area contributed by atoms with Crippen LogP contribution < -0.4 is 16.0 Å². The average molecular weight is 464 g/mol. The number of carboxylic acid groups (broad SMARTS) is 1. The molecule has 4 heterocycles. The minimum atomic E-state index is -1.38. The zero-order chi connectivity index (χ0) is 24.1. The Morgan fingerprint density at radius 1 is 1.35 bits per heavy atom. The fourth-order valence-electron chi connectivity index (χ4n) is 4.35. The third-order valence-electron chi connectivity index (χ3n) is 5.86. The number of nitrogens with two attached hydrogens (primary N) is 1. The number of rotatable bonds is 5. The van der Waals surface area contributed by atoms with E-state index < -0.39 is 23.3 Å². The van der Waals surface area contributed by atoms with Gasteiger partial charge in [-0.15, -0.1) is 0 Å². The average Bonchev–Trinajstić information content (AvgIpc) is 3.39. The second-order valence-electron chi connectivity index (χ2n) is 7.89. The Balaban J connectivity index is 1.89. The van der Waals surface area contributed by atoms with E-state index in [0.29, 0.717) is 17.5 Å². The first-order chi connectivity index (χ1) is 16.3. The van der Waals surface area contributed by atoms with Gasteiger partial charge in [-0.05, 0) is 24.3 Å². The van der Waals surface area contributed by atoms with Gasteiger partial charge in [0, 0.05) is 46.8 Å². The molecule has 0 amide bonds. The molecule has 5 rings (SSSR count). The standard InChI is InChI=1S/C24H18F2N4O4/c1-11(27)12-7-13(22(26)29-9-12)10-30-17-8-16(25)14-4-6-34-21(14)19(17)18(20(30)24(32)33)15-3-2-5-28-23(15)31/h2-3,5,7-9H,1,4,6,10,27H2,(H,28,31)(H,32,33). The Hall–Kier alpha value is -4.47. The summed E-state index contributed by atoms with van der Waals surface area (Å²) in [5, 5.41) is 10.5. The predicted molar refractivity (Wildman–Crippen MR) is 121 cm³/mol. The molecule has 0 fully saturated rings. The molecule has 0 saturated heterocycles. The van der Waals surface area contributed by atoms with E-state index in [0.717, 1.165) is 0 Å². The van der Waals surface area contributed by atoms with E-state index in [-0.39, 0.29) is 57.9 Å². The van der Waals surface area contributed by atoms with Crippen LogP contribution in [0.5, 0.6) is 5.75 Å². The van der Waals surface area contributed by atoms with Gasteiger partial charge in [-0.25, -0.2) is 14.2 Å². The van der Waals surface area contributed by atoms with Crippen molar-refractivity contribution in [1.82, 2.24) is 14.5 Å². The molecular weight excluding hydrogens is 446 g/mol. The molecule has 3 aromatic heterocycles. The summed E-state index contributed by atoms with van der Waals surface area (Å²) in [4.78, 5) is 31.4. The van der Waals surface area contributed by atoms with Gasteiger partial charge in [-0.1, -0.05) is 6.58 Å². The molecule has 34 heavy (non-hydrogen) atoms. The Kier molecular flexibility index (Phi) is 4.93. The van der Waals surface area contributed by atoms with Gasteiger partial charge in [0.2, 0.25) is 5.95 Å². The van der Waals surface area contributed by atoms with E-state index in [1.807, 2.05) is 0 Å². The van der Waals surface area contributed by atoms with Crippen LogP contribution in [0.1, 0.15) is 27.2 Å². The number of hydrogen-bond acceptors (Lipinski definition) is 5. The van der Waals surface area contributed by atoms with E-state index in [9.17, 15) is 23.5 Å². The first-order valence-electron chi connectivity index (χ1n) is 10.3. The van der Waals surface area contributed by atoms with Crippen LogP contribution in [-0.2, 0) is 13.0 Å². The van der Waals surface area contributed by atoms with Crippen LogP contribution >= 0.6 is 0 Å². The van der Waals surface area contributed by atoms with Crippen molar-refractivity contribution in [2.45, 2.75) is 13.0 Å². The molecule has 0 spiro atoms. The maximum Gasteiger partial charge on any atom is 0.353 e. The normalized spacial score (nSPS) is 12.5. The molecule has 0 saturated carbocycles. The molecule has 8 nitrogen and oxygen atoms in total. The number of fused-ring (bicyclic) bond motifs is 3. The van der Waals surface area contributed by atoms with Crippen molar-refractivity contribution in [1.29, 1.82) is 0 Å². The summed E-state index contributed by atoms with van der Waals surface area (Å²) in [7, 11) is 0.